The summed E-state index contributed by atoms with van der Waals surface area (Å²) in [5.41, 5.74) is 6.99. The van der Waals surface area contributed by atoms with Crippen molar-refractivity contribution in [3.8, 4) is 0 Å². The average Bonchev–Trinajstić information content (AvgIpc) is 2.82. The largest absolute Gasteiger partial charge is 0.374 e. The number of benzene rings is 1. The highest BCUT2D eigenvalue weighted by Gasteiger charge is 2.25. The molecule has 0 radical (unpaired) electrons. The molecular formula is C10H9N3S2. The van der Waals surface area contributed by atoms with E-state index in [4.69, 9.17) is 5.73 Å². The van der Waals surface area contributed by atoms with Gasteiger partial charge in [-0.05, 0) is 18.1 Å². The van der Waals surface area contributed by atoms with E-state index < -0.39 is 0 Å². The van der Waals surface area contributed by atoms with Crippen molar-refractivity contribution in [3.63, 3.8) is 0 Å². The van der Waals surface area contributed by atoms with Gasteiger partial charge in [0.25, 0.3) is 0 Å². The molecule has 0 amide bonds. The lowest BCUT2D eigenvalue weighted by Gasteiger charge is -2.00. The maximum atomic E-state index is 5.59. The fourth-order valence-electron chi connectivity index (χ4n) is 1.70. The van der Waals surface area contributed by atoms with Crippen LogP contribution in [0.2, 0.25) is 0 Å². The molecule has 0 spiro atoms. The molecule has 0 aliphatic carbocycles. The van der Waals surface area contributed by atoms with Crippen LogP contribution in [-0.2, 0) is 6.42 Å². The van der Waals surface area contributed by atoms with E-state index in [0.29, 0.717) is 10.4 Å². The summed E-state index contributed by atoms with van der Waals surface area (Å²) in [6.45, 7) is 0. The molecule has 1 aromatic heterocycles. The third-order valence-electron chi connectivity index (χ3n) is 2.38. The Morgan fingerprint density at radius 3 is 2.87 bits per heavy atom. The maximum Gasteiger partial charge on any atom is 0.203 e. The van der Waals surface area contributed by atoms with E-state index in [0.717, 1.165) is 11.4 Å². The summed E-state index contributed by atoms with van der Waals surface area (Å²) in [7, 11) is 0. The lowest BCUT2D eigenvalue weighted by Crippen LogP contribution is -1.91. The number of rotatable bonds is 1. The topological polar surface area (TPSA) is 51.8 Å². The van der Waals surface area contributed by atoms with Crippen molar-refractivity contribution in [2.45, 2.75) is 16.6 Å². The number of anilines is 1. The average molecular weight is 235 g/mol. The molecule has 2 heterocycles. The van der Waals surface area contributed by atoms with Crippen LogP contribution in [0, 0.1) is 0 Å². The third kappa shape index (κ3) is 1.61. The van der Waals surface area contributed by atoms with Crippen LogP contribution in [0.3, 0.4) is 0 Å². The molecule has 1 aliphatic rings. The summed E-state index contributed by atoms with van der Waals surface area (Å²) in [6.07, 6.45) is 1.04. The zero-order chi connectivity index (χ0) is 10.3. The summed E-state index contributed by atoms with van der Waals surface area (Å²) >= 11 is 3.35. The first-order valence-corrected chi connectivity index (χ1v) is 6.36. The van der Waals surface area contributed by atoms with Crippen LogP contribution in [0.25, 0.3) is 0 Å². The number of thioether (sulfide) groups is 1. The molecule has 3 nitrogen and oxygen atoms in total. The van der Waals surface area contributed by atoms with E-state index in [9.17, 15) is 0 Å². The SMILES string of the molecule is Nc1nnc(C2Cc3ccccc3S2)s1. The van der Waals surface area contributed by atoms with Gasteiger partial charge in [0.15, 0.2) is 0 Å². The Morgan fingerprint density at radius 2 is 2.13 bits per heavy atom. The second-order valence-electron chi connectivity index (χ2n) is 3.40. The zero-order valence-electron chi connectivity index (χ0n) is 7.88. The molecule has 3 rings (SSSR count). The number of fused-ring (bicyclic) bond motifs is 1. The Labute approximate surface area is 95.7 Å². The van der Waals surface area contributed by atoms with E-state index in [-0.39, 0.29) is 0 Å². The maximum absolute atomic E-state index is 5.59. The van der Waals surface area contributed by atoms with Gasteiger partial charge in [-0.25, -0.2) is 0 Å². The van der Waals surface area contributed by atoms with Crippen LogP contribution >= 0.6 is 23.1 Å². The minimum atomic E-state index is 0.400. The van der Waals surface area contributed by atoms with Crippen LogP contribution in [0.4, 0.5) is 5.13 Å². The standard InChI is InChI=1S/C10H9N3S2/c11-10-13-12-9(15-10)8-5-6-3-1-2-4-7(6)14-8/h1-4,8H,5H2,(H2,11,13). The van der Waals surface area contributed by atoms with Crippen LogP contribution < -0.4 is 5.73 Å². The van der Waals surface area contributed by atoms with Gasteiger partial charge in [-0.15, -0.1) is 22.0 Å². The van der Waals surface area contributed by atoms with Crippen LogP contribution in [0.5, 0.6) is 0 Å². The van der Waals surface area contributed by atoms with Crippen molar-refractivity contribution in [1.82, 2.24) is 10.2 Å². The number of hydrogen-bond donors (Lipinski definition) is 1. The summed E-state index contributed by atoms with van der Waals surface area (Å²) < 4.78 is 0. The van der Waals surface area contributed by atoms with Crippen molar-refractivity contribution in [1.29, 1.82) is 0 Å². The first-order valence-electron chi connectivity index (χ1n) is 4.66. The summed E-state index contributed by atoms with van der Waals surface area (Å²) in [6, 6.07) is 8.48. The van der Waals surface area contributed by atoms with Gasteiger partial charge in [0.2, 0.25) is 5.13 Å². The first kappa shape index (κ1) is 9.18. The van der Waals surface area contributed by atoms with Crippen molar-refractivity contribution >= 4 is 28.2 Å². The lowest BCUT2D eigenvalue weighted by molar-refractivity contribution is 0.898. The fourth-order valence-corrected chi connectivity index (χ4v) is 3.75. The van der Waals surface area contributed by atoms with Crippen molar-refractivity contribution in [2.24, 2.45) is 0 Å². The van der Waals surface area contributed by atoms with Gasteiger partial charge in [-0.2, -0.15) is 0 Å². The van der Waals surface area contributed by atoms with Crippen molar-refractivity contribution in [2.75, 3.05) is 5.73 Å². The fraction of sp³-hybridized carbons (Fsp3) is 0.200. The molecule has 1 atom stereocenters. The van der Waals surface area contributed by atoms with E-state index in [1.165, 1.54) is 21.8 Å². The van der Waals surface area contributed by atoms with Gasteiger partial charge in [-0.3, -0.25) is 0 Å². The molecular weight excluding hydrogens is 226 g/mol. The second kappa shape index (κ2) is 3.50. The van der Waals surface area contributed by atoms with E-state index in [1.54, 1.807) is 0 Å². The Kier molecular flexibility index (Phi) is 2.14. The smallest absolute Gasteiger partial charge is 0.203 e. The molecule has 15 heavy (non-hydrogen) atoms. The molecule has 1 aromatic carbocycles. The summed E-state index contributed by atoms with van der Waals surface area (Å²) in [5, 5.41) is 9.95. The number of hydrogen-bond acceptors (Lipinski definition) is 5. The first-order chi connectivity index (χ1) is 7.33. The van der Waals surface area contributed by atoms with Gasteiger partial charge >= 0.3 is 0 Å². The van der Waals surface area contributed by atoms with Gasteiger partial charge in [0, 0.05) is 4.90 Å². The van der Waals surface area contributed by atoms with Crippen LogP contribution in [-0.4, -0.2) is 10.2 Å². The Hall–Kier alpha value is -1.07. The Bertz CT molecular complexity index is 470. The predicted octanol–water partition coefficient (Wildman–Crippen LogP) is 2.51. The van der Waals surface area contributed by atoms with Crippen LogP contribution in [0.1, 0.15) is 15.8 Å². The Morgan fingerprint density at radius 1 is 1.27 bits per heavy atom. The predicted molar refractivity (Wildman–Crippen MR) is 63.1 cm³/mol. The molecule has 76 valence electrons. The molecule has 0 saturated carbocycles. The zero-order valence-corrected chi connectivity index (χ0v) is 9.52. The highest BCUT2D eigenvalue weighted by atomic mass is 32.2. The number of nitrogens with zero attached hydrogens (tertiary/aromatic N) is 2. The van der Waals surface area contributed by atoms with E-state index >= 15 is 0 Å². The molecule has 2 aromatic rings. The Balaban J connectivity index is 1.90. The summed E-state index contributed by atoms with van der Waals surface area (Å²) in [4.78, 5) is 1.36. The highest BCUT2D eigenvalue weighted by Crippen LogP contribution is 2.46. The quantitative estimate of drug-likeness (QED) is 0.825. The molecule has 1 unspecified atom stereocenters. The minimum Gasteiger partial charge on any atom is -0.374 e. The molecule has 5 heteroatoms. The lowest BCUT2D eigenvalue weighted by atomic mass is 10.1. The minimum absolute atomic E-state index is 0.400. The van der Waals surface area contributed by atoms with Gasteiger partial charge in [-0.1, -0.05) is 29.5 Å². The highest BCUT2D eigenvalue weighted by molar-refractivity contribution is 8.00. The second-order valence-corrected chi connectivity index (χ2v) is 5.68. The molecule has 2 N–H and O–H groups in total. The van der Waals surface area contributed by atoms with Crippen molar-refractivity contribution < 1.29 is 0 Å². The van der Waals surface area contributed by atoms with Crippen molar-refractivity contribution in [3.05, 3.63) is 34.8 Å². The summed E-state index contributed by atoms with van der Waals surface area (Å²) in [5.74, 6) is 0. The normalized spacial score (nSPS) is 19.1. The number of nitrogens with two attached hydrogens (primary N) is 1. The van der Waals surface area contributed by atoms with E-state index in [2.05, 4.69) is 34.5 Å². The van der Waals surface area contributed by atoms with E-state index in [1.807, 2.05) is 11.8 Å². The molecule has 1 aliphatic heterocycles. The molecule has 0 bridgehead atoms. The number of aromatic nitrogens is 2. The van der Waals surface area contributed by atoms with Gasteiger partial charge in [0.1, 0.15) is 5.01 Å². The monoisotopic (exact) mass is 235 g/mol. The van der Waals surface area contributed by atoms with Gasteiger partial charge < -0.3 is 5.73 Å². The molecule has 0 fully saturated rings. The van der Waals surface area contributed by atoms with Gasteiger partial charge in [0.05, 0.1) is 5.25 Å². The third-order valence-corrected chi connectivity index (χ3v) is 4.72. The number of nitrogen functional groups attached to an aromatic ring is 1. The van der Waals surface area contributed by atoms with Crippen LogP contribution in [0.15, 0.2) is 29.2 Å². The molecule has 0 saturated heterocycles.